The maximum absolute atomic E-state index is 12.3. The molecule has 0 radical (unpaired) electrons. The number of hydrogen-bond acceptors (Lipinski definition) is 3. The van der Waals surface area contributed by atoms with Gasteiger partial charge in [-0.1, -0.05) is 30.3 Å². The van der Waals surface area contributed by atoms with Crippen LogP contribution in [0.1, 0.15) is 30.3 Å². The number of nitrogens with one attached hydrogen (secondary N) is 2. The highest BCUT2D eigenvalue weighted by molar-refractivity contribution is 5.93. The molecule has 0 unspecified atom stereocenters. The average Bonchev–Trinajstić information content (AvgIpc) is 3.06. The minimum Gasteiger partial charge on any atom is -0.348 e. The number of rotatable bonds is 3. The topological polar surface area (TPSA) is 78.1 Å². The highest BCUT2D eigenvalue weighted by Crippen LogP contribution is 2.17. The van der Waals surface area contributed by atoms with Crippen LogP contribution in [0.5, 0.6) is 0 Å². The number of carbonyl (C=O) groups excluding carboxylic acids is 2. The fraction of sp³-hybridized carbons (Fsp3) is 0.353. The minimum atomic E-state index is -0.152. The van der Waals surface area contributed by atoms with Gasteiger partial charge in [-0.2, -0.15) is 5.10 Å². The predicted octanol–water partition coefficient (Wildman–Crippen LogP) is 1.82. The van der Waals surface area contributed by atoms with Crippen molar-refractivity contribution >= 4 is 11.8 Å². The second-order valence-corrected chi connectivity index (χ2v) is 5.79. The summed E-state index contributed by atoms with van der Waals surface area (Å²) in [6, 6.07) is 11.6. The molecule has 0 atom stereocenters. The highest BCUT2D eigenvalue weighted by atomic mass is 16.2. The van der Waals surface area contributed by atoms with E-state index in [0.29, 0.717) is 18.8 Å². The molecule has 1 aromatic heterocycles. The van der Waals surface area contributed by atoms with Crippen LogP contribution in [0.3, 0.4) is 0 Å². The summed E-state index contributed by atoms with van der Waals surface area (Å²) in [5.41, 5.74) is 2.18. The normalized spacial score (nSPS) is 15.4. The van der Waals surface area contributed by atoms with Gasteiger partial charge in [0.1, 0.15) is 5.69 Å². The molecule has 0 spiro atoms. The Bertz CT molecular complexity index is 688. The van der Waals surface area contributed by atoms with E-state index in [2.05, 4.69) is 15.5 Å². The lowest BCUT2D eigenvalue weighted by atomic mass is 10.0. The first-order chi connectivity index (χ1) is 11.1. The standard InChI is InChI=1S/C17H20N4O2/c1-12(22)21-9-7-14(8-10-21)18-17(23)16-11-15(19-20-16)13-5-3-2-4-6-13/h2-6,11,14H,7-10H2,1H3,(H,18,23)(H,19,20). The van der Waals surface area contributed by atoms with Crippen LogP contribution in [0.15, 0.2) is 36.4 Å². The number of benzene rings is 1. The van der Waals surface area contributed by atoms with Gasteiger partial charge in [0.25, 0.3) is 5.91 Å². The van der Waals surface area contributed by atoms with Crippen LogP contribution in [0, 0.1) is 0 Å². The van der Waals surface area contributed by atoms with Gasteiger partial charge in [0.15, 0.2) is 0 Å². The molecule has 1 saturated heterocycles. The second kappa shape index (κ2) is 6.64. The molecule has 2 aromatic rings. The SMILES string of the molecule is CC(=O)N1CCC(NC(=O)c2cc(-c3ccccc3)n[nH]2)CC1. The molecular weight excluding hydrogens is 292 g/mol. The van der Waals surface area contributed by atoms with Crippen LogP contribution in [0.25, 0.3) is 11.3 Å². The quantitative estimate of drug-likeness (QED) is 0.907. The monoisotopic (exact) mass is 312 g/mol. The third-order valence-electron chi connectivity index (χ3n) is 4.17. The summed E-state index contributed by atoms with van der Waals surface area (Å²) in [4.78, 5) is 25.4. The minimum absolute atomic E-state index is 0.0934. The molecule has 0 aliphatic carbocycles. The Labute approximate surface area is 134 Å². The summed E-state index contributed by atoms with van der Waals surface area (Å²) in [6.07, 6.45) is 1.57. The first kappa shape index (κ1) is 15.3. The number of H-pyrrole nitrogens is 1. The van der Waals surface area contributed by atoms with Crippen LogP contribution >= 0.6 is 0 Å². The number of likely N-dealkylation sites (tertiary alicyclic amines) is 1. The van der Waals surface area contributed by atoms with Gasteiger partial charge in [0.2, 0.25) is 5.91 Å². The van der Waals surface area contributed by atoms with Gasteiger partial charge >= 0.3 is 0 Å². The van der Waals surface area contributed by atoms with Crippen molar-refractivity contribution in [2.24, 2.45) is 0 Å². The molecule has 1 fully saturated rings. The van der Waals surface area contributed by atoms with Gasteiger partial charge in [0, 0.05) is 31.6 Å². The molecule has 1 aliphatic rings. The van der Waals surface area contributed by atoms with E-state index in [1.54, 1.807) is 13.0 Å². The number of piperidine rings is 1. The van der Waals surface area contributed by atoms with E-state index in [4.69, 9.17) is 0 Å². The summed E-state index contributed by atoms with van der Waals surface area (Å²) in [5.74, 6) is -0.0585. The lowest BCUT2D eigenvalue weighted by Crippen LogP contribution is -2.46. The summed E-state index contributed by atoms with van der Waals surface area (Å²) >= 11 is 0. The van der Waals surface area contributed by atoms with Crippen molar-refractivity contribution in [1.82, 2.24) is 20.4 Å². The van der Waals surface area contributed by atoms with Gasteiger partial charge in [0.05, 0.1) is 5.69 Å². The average molecular weight is 312 g/mol. The van der Waals surface area contributed by atoms with Gasteiger partial charge in [-0.05, 0) is 18.9 Å². The molecule has 0 saturated carbocycles. The number of aromatic amines is 1. The number of amides is 2. The zero-order valence-corrected chi connectivity index (χ0v) is 13.1. The largest absolute Gasteiger partial charge is 0.348 e. The van der Waals surface area contributed by atoms with Crippen molar-refractivity contribution in [2.45, 2.75) is 25.8 Å². The van der Waals surface area contributed by atoms with E-state index in [1.165, 1.54) is 0 Å². The number of aromatic nitrogens is 2. The molecule has 2 amide bonds. The number of nitrogens with zero attached hydrogens (tertiary/aromatic N) is 2. The highest BCUT2D eigenvalue weighted by Gasteiger charge is 2.23. The summed E-state index contributed by atoms with van der Waals surface area (Å²) in [6.45, 7) is 2.96. The molecule has 120 valence electrons. The lowest BCUT2D eigenvalue weighted by Gasteiger charge is -2.31. The van der Waals surface area contributed by atoms with Crippen molar-refractivity contribution in [3.8, 4) is 11.3 Å². The molecular formula is C17H20N4O2. The van der Waals surface area contributed by atoms with E-state index in [-0.39, 0.29) is 17.9 Å². The molecule has 1 aliphatic heterocycles. The summed E-state index contributed by atoms with van der Waals surface area (Å²) in [7, 11) is 0. The Morgan fingerprint density at radius 1 is 1.22 bits per heavy atom. The summed E-state index contributed by atoms with van der Waals surface area (Å²) in [5, 5.41) is 10.0. The molecule has 2 N–H and O–H groups in total. The number of hydrogen-bond donors (Lipinski definition) is 2. The predicted molar refractivity (Wildman–Crippen MR) is 86.8 cm³/mol. The Morgan fingerprint density at radius 2 is 1.91 bits per heavy atom. The van der Waals surface area contributed by atoms with E-state index >= 15 is 0 Å². The zero-order chi connectivity index (χ0) is 16.2. The van der Waals surface area contributed by atoms with Crippen molar-refractivity contribution < 1.29 is 9.59 Å². The van der Waals surface area contributed by atoms with Gasteiger partial charge < -0.3 is 10.2 Å². The molecule has 23 heavy (non-hydrogen) atoms. The maximum atomic E-state index is 12.3. The summed E-state index contributed by atoms with van der Waals surface area (Å²) < 4.78 is 0. The first-order valence-corrected chi connectivity index (χ1v) is 7.80. The van der Waals surface area contributed by atoms with E-state index in [9.17, 15) is 9.59 Å². The van der Waals surface area contributed by atoms with Gasteiger partial charge in [-0.15, -0.1) is 0 Å². The van der Waals surface area contributed by atoms with Crippen LogP contribution in [0.2, 0.25) is 0 Å². The van der Waals surface area contributed by atoms with Crippen LogP contribution < -0.4 is 5.32 Å². The second-order valence-electron chi connectivity index (χ2n) is 5.79. The molecule has 6 heteroatoms. The van der Waals surface area contributed by atoms with E-state index in [0.717, 1.165) is 24.1 Å². The van der Waals surface area contributed by atoms with E-state index < -0.39 is 0 Å². The third-order valence-corrected chi connectivity index (χ3v) is 4.17. The van der Waals surface area contributed by atoms with Gasteiger partial charge in [-0.25, -0.2) is 0 Å². The van der Waals surface area contributed by atoms with Crippen molar-refractivity contribution in [3.63, 3.8) is 0 Å². The van der Waals surface area contributed by atoms with Crippen molar-refractivity contribution in [1.29, 1.82) is 0 Å². The van der Waals surface area contributed by atoms with Crippen molar-refractivity contribution in [2.75, 3.05) is 13.1 Å². The van der Waals surface area contributed by atoms with E-state index in [1.807, 2.05) is 35.2 Å². The Hall–Kier alpha value is -2.63. The Morgan fingerprint density at radius 3 is 2.57 bits per heavy atom. The lowest BCUT2D eigenvalue weighted by molar-refractivity contribution is -0.129. The van der Waals surface area contributed by atoms with Crippen LogP contribution in [-0.2, 0) is 4.79 Å². The zero-order valence-electron chi connectivity index (χ0n) is 13.1. The maximum Gasteiger partial charge on any atom is 0.269 e. The van der Waals surface area contributed by atoms with Crippen molar-refractivity contribution in [3.05, 3.63) is 42.1 Å². The fourth-order valence-electron chi connectivity index (χ4n) is 2.80. The van der Waals surface area contributed by atoms with Crippen LogP contribution in [0.4, 0.5) is 0 Å². The molecule has 0 bridgehead atoms. The Balaban J connectivity index is 1.59. The first-order valence-electron chi connectivity index (χ1n) is 7.80. The smallest absolute Gasteiger partial charge is 0.269 e. The molecule has 3 rings (SSSR count). The molecule has 1 aromatic carbocycles. The fourth-order valence-corrected chi connectivity index (χ4v) is 2.80. The molecule has 2 heterocycles. The number of carbonyl (C=O) groups is 2. The van der Waals surface area contributed by atoms with Crippen LogP contribution in [-0.4, -0.2) is 46.0 Å². The Kier molecular flexibility index (Phi) is 4.41. The molecule has 6 nitrogen and oxygen atoms in total. The van der Waals surface area contributed by atoms with Gasteiger partial charge in [-0.3, -0.25) is 14.7 Å². The third kappa shape index (κ3) is 3.59.